The second-order valence-electron chi connectivity index (χ2n) is 5.05. The minimum atomic E-state index is -0.659. The van der Waals surface area contributed by atoms with Gasteiger partial charge in [0.1, 0.15) is 5.82 Å². The maximum absolute atomic E-state index is 12.9. The van der Waals surface area contributed by atoms with Crippen LogP contribution < -0.4 is 15.8 Å². The summed E-state index contributed by atoms with van der Waals surface area (Å²) < 4.78 is 13.3. The van der Waals surface area contributed by atoms with Crippen molar-refractivity contribution in [3.05, 3.63) is 70.9 Å². The van der Waals surface area contributed by atoms with Gasteiger partial charge in [-0.2, -0.15) is 4.73 Å². The molecule has 1 atom stereocenters. The predicted octanol–water partition coefficient (Wildman–Crippen LogP) is 0.533. The second-order valence-corrected chi connectivity index (χ2v) is 5.05. The molecule has 2 aromatic rings. The molecule has 2 rings (SSSR count). The summed E-state index contributed by atoms with van der Waals surface area (Å²) in [4.78, 5) is 23.5. The minimum absolute atomic E-state index is 0.0135. The van der Waals surface area contributed by atoms with Gasteiger partial charge >= 0.3 is 5.91 Å². The fraction of sp³-hybridized carbons (Fsp3) is 0.188. The fourth-order valence-electron chi connectivity index (χ4n) is 2.09. The lowest BCUT2D eigenvalue weighted by Gasteiger charge is -2.14. The van der Waals surface area contributed by atoms with Crippen LogP contribution in [0.15, 0.2) is 48.7 Å². The molecule has 120 valence electrons. The van der Waals surface area contributed by atoms with Crippen LogP contribution in [0, 0.1) is 16.9 Å². The highest BCUT2D eigenvalue weighted by molar-refractivity contribution is 5.91. The normalized spacial score (nSPS) is 11.7. The van der Waals surface area contributed by atoms with Gasteiger partial charge in [0.25, 0.3) is 5.69 Å². The quantitative estimate of drug-likeness (QED) is 0.600. The Labute approximate surface area is 132 Å². The van der Waals surface area contributed by atoms with E-state index in [-0.39, 0.29) is 24.5 Å². The molecule has 0 unspecified atom stereocenters. The van der Waals surface area contributed by atoms with Crippen molar-refractivity contribution in [1.82, 2.24) is 5.32 Å². The van der Waals surface area contributed by atoms with Crippen LogP contribution in [-0.2, 0) is 11.2 Å². The first kappa shape index (κ1) is 16.4. The molecule has 0 aliphatic rings. The molecule has 7 heteroatoms. The number of aromatic nitrogens is 1. The van der Waals surface area contributed by atoms with Crippen molar-refractivity contribution in [3.63, 3.8) is 0 Å². The van der Waals surface area contributed by atoms with E-state index in [2.05, 4.69) is 5.32 Å². The average molecular weight is 317 g/mol. The van der Waals surface area contributed by atoms with Gasteiger partial charge in [0.2, 0.25) is 5.91 Å². The summed E-state index contributed by atoms with van der Waals surface area (Å²) in [5.41, 5.74) is 5.99. The number of carbonyl (C=O) groups is 2. The third-order valence-electron chi connectivity index (χ3n) is 3.36. The largest absolute Gasteiger partial charge is 0.618 e. The third kappa shape index (κ3) is 4.50. The van der Waals surface area contributed by atoms with Crippen molar-refractivity contribution >= 4 is 11.8 Å². The van der Waals surface area contributed by atoms with Crippen LogP contribution in [0.1, 0.15) is 16.1 Å². The Morgan fingerprint density at radius 1 is 1.22 bits per heavy atom. The number of hydrogen-bond acceptors (Lipinski definition) is 3. The van der Waals surface area contributed by atoms with Gasteiger partial charge in [0.15, 0.2) is 6.20 Å². The summed E-state index contributed by atoms with van der Waals surface area (Å²) in [7, 11) is 0. The van der Waals surface area contributed by atoms with Gasteiger partial charge in [-0.05, 0) is 30.2 Å². The van der Waals surface area contributed by atoms with Crippen molar-refractivity contribution in [2.24, 2.45) is 11.7 Å². The Hall–Kier alpha value is -2.96. The van der Waals surface area contributed by atoms with Crippen LogP contribution in [0.2, 0.25) is 0 Å². The molecule has 23 heavy (non-hydrogen) atoms. The smallest absolute Gasteiger partial charge is 0.317 e. The van der Waals surface area contributed by atoms with E-state index in [1.54, 1.807) is 18.2 Å². The van der Waals surface area contributed by atoms with Crippen molar-refractivity contribution in [1.29, 1.82) is 0 Å². The number of hydrogen-bond donors (Lipinski definition) is 2. The summed E-state index contributed by atoms with van der Waals surface area (Å²) in [6.07, 6.45) is 1.47. The van der Waals surface area contributed by atoms with Gasteiger partial charge in [-0.25, -0.2) is 4.39 Å². The Kier molecular flexibility index (Phi) is 5.24. The van der Waals surface area contributed by atoms with E-state index in [4.69, 9.17) is 5.73 Å². The molecule has 0 saturated heterocycles. The highest BCUT2D eigenvalue weighted by atomic mass is 19.1. The highest BCUT2D eigenvalue weighted by Gasteiger charge is 2.20. The first-order valence-electron chi connectivity index (χ1n) is 6.97. The lowest BCUT2D eigenvalue weighted by atomic mass is 9.98. The number of nitrogens with two attached hydrogens (primary N) is 1. The Morgan fingerprint density at radius 3 is 2.52 bits per heavy atom. The molecule has 1 heterocycles. The third-order valence-corrected chi connectivity index (χ3v) is 3.36. The van der Waals surface area contributed by atoms with E-state index in [9.17, 15) is 19.2 Å². The van der Waals surface area contributed by atoms with Crippen molar-refractivity contribution < 1.29 is 18.7 Å². The number of nitrogens with zero attached hydrogens (tertiary/aromatic N) is 1. The molecule has 0 fully saturated rings. The number of primary amides is 1. The Morgan fingerprint density at radius 2 is 1.91 bits per heavy atom. The number of benzene rings is 1. The molecule has 1 aromatic heterocycles. The summed E-state index contributed by atoms with van der Waals surface area (Å²) in [5, 5.41) is 14.0. The maximum atomic E-state index is 12.9. The summed E-state index contributed by atoms with van der Waals surface area (Å²) in [5.74, 6) is -2.21. The molecule has 2 amide bonds. The molecular weight excluding hydrogens is 301 g/mol. The number of rotatable bonds is 6. The van der Waals surface area contributed by atoms with Gasteiger partial charge in [0, 0.05) is 18.7 Å². The molecule has 1 aromatic carbocycles. The van der Waals surface area contributed by atoms with Gasteiger partial charge in [-0.15, -0.1) is 0 Å². The molecule has 0 aliphatic carbocycles. The summed E-state index contributed by atoms with van der Waals surface area (Å²) >= 11 is 0. The Balaban J connectivity index is 2.00. The average Bonchev–Trinajstić information content (AvgIpc) is 2.53. The van der Waals surface area contributed by atoms with Gasteiger partial charge in [-0.1, -0.05) is 12.1 Å². The summed E-state index contributed by atoms with van der Waals surface area (Å²) in [6.45, 7) is -0.0135. The highest BCUT2D eigenvalue weighted by Crippen LogP contribution is 2.09. The zero-order valence-electron chi connectivity index (χ0n) is 12.2. The predicted molar refractivity (Wildman–Crippen MR) is 80.5 cm³/mol. The van der Waals surface area contributed by atoms with Gasteiger partial charge < -0.3 is 16.3 Å². The monoisotopic (exact) mass is 317 g/mol. The first-order valence-corrected chi connectivity index (χ1v) is 6.97. The van der Waals surface area contributed by atoms with Crippen molar-refractivity contribution in [3.8, 4) is 0 Å². The van der Waals surface area contributed by atoms with Gasteiger partial charge in [0.05, 0.1) is 5.92 Å². The van der Waals surface area contributed by atoms with E-state index in [0.29, 0.717) is 4.73 Å². The van der Waals surface area contributed by atoms with E-state index in [1.165, 1.54) is 30.5 Å². The number of carbonyl (C=O) groups excluding carboxylic acids is 2. The van der Waals surface area contributed by atoms with Crippen LogP contribution in [0.4, 0.5) is 4.39 Å². The lowest BCUT2D eigenvalue weighted by molar-refractivity contribution is -0.607. The van der Waals surface area contributed by atoms with Crippen LogP contribution in [0.25, 0.3) is 0 Å². The fourth-order valence-corrected chi connectivity index (χ4v) is 2.09. The number of amides is 2. The van der Waals surface area contributed by atoms with E-state index in [0.717, 1.165) is 5.56 Å². The lowest BCUT2D eigenvalue weighted by Crippen LogP contribution is -2.42. The molecule has 6 nitrogen and oxygen atoms in total. The van der Waals surface area contributed by atoms with Gasteiger partial charge in [-0.3, -0.25) is 9.59 Å². The molecule has 0 saturated carbocycles. The number of halogens is 1. The zero-order valence-corrected chi connectivity index (χ0v) is 12.2. The molecule has 0 bridgehead atoms. The minimum Gasteiger partial charge on any atom is -0.618 e. The van der Waals surface area contributed by atoms with E-state index >= 15 is 0 Å². The topological polar surface area (TPSA) is 99.1 Å². The molecule has 3 N–H and O–H groups in total. The molecule has 0 aliphatic heterocycles. The van der Waals surface area contributed by atoms with Crippen LogP contribution in [-0.4, -0.2) is 18.4 Å². The van der Waals surface area contributed by atoms with E-state index in [1.807, 2.05) is 0 Å². The maximum Gasteiger partial charge on any atom is 0.317 e. The molecule has 0 radical (unpaired) electrons. The molecular formula is C16H16FN3O3. The van der Waals surface area contributed by atoms with Crippen LogP contribution in [0.5, 0.6) is 0 Å². The van der Waals surface area contributed by atoms with Crippen molar-refractivity contribution in [2.75, 3.05) is 6.54 Å². The second kappa shape index (κ2) is 7.35. The Bertz CT molecular complexity index is 704. The first-order chi connectivity index (χ1) is 11.0. The number of nitrogens with one attached hydrogen (secondary N) is 1. The SMILES string of the molecule is NC(=O)[C@H](CNC(=O)c1cccc[n+]1[O-])Cc1ccc(F)cc1. The number of pyridine rings is 1. The zero-order chi connectivity index (χ0) is 16.8. The molecule has 0 spiro atoms. The van der Waals surface area contributed by atoms with Crippen LogP contribution in [0.3, 0.4) is 0 Å². The van der Waals surface area contributed by atoms with E-state index < -0.39 is 17.7 Å². The standard InChI is InChI=1S/C16H16FN3O3/c17-13-6-4-11(5-7-13)9-12(15(18)21)10-19-16(22)14-3-1-2-8-20(14)23/h1-8,12H,9-10H2,(H2,18,21)(H,19,22)/t12-/m0/s1. The van der Waals surface area contributed by atoms with Crippen molar-refractivity contribution in [2.45, 2.75) is 6.42 Å². The summed E-state index contributed by atoms with van der Waals surface area (Å²) in [6, 6.07) is 10.1. The van der Waals surface area contributed by atoms with Crippen LogP contribution >= 0.6 is 0 Å².